The Morgan fingerprint density at radius 2 is 1.86 bits per heavy atom. The van der Waals surface area contributed by atoms with Gasteiger partial charge in [0.05, 0.1) is 0 Å². The van der Waals surface area contributed by atoms with Crippen molar-refractivity contribution in [3.8, 4) is 12.0 Å². The van der Waals surface area contributed by atoms with E-state index in [4.69, 9.17) is 10.00 Å². The van der Waals surface area contributed by atoms with E-state index in [1.807, 2.05) is 19.1 Å². The van der Waals surface area contributed by atoms with Crippen molar-refractivity contribution in [3.05, 3.63) is 29.3 Å². The molecule has 0 aliphatic heterocycles. The lowest BCUT2D eigenvalue weighted by molar-refractivity contribution is 0.501. The highest BCUT2D eigenvalue weighted by atomic mass is 16.5. The van der Waals surface area contributed by atoms with Crippen LogP contribution in [-0.4, -0.2) is 0 Å². The molecule has 0 radical (unpaired) electrons. The second-order valence-corrected chi connectivity index (χ2v) is 4.48. The van der Waals surface area contributed by atoms with Crippen LogP contribution in [-0.2, 0) is 5.41 Å². The van der Waals surface area contributed by atoms with E-state index >= 15 is 0 Å². The summed E-state index contributed by atoms with van der Waals surface area (Å²) in [6.45, 7) is 8.41. The third-order valence-electron chi connectivity index (χ3n) is 2.08. The predicted octanol–water partition coefficient (Wildman–Crippen LogP) is 3.15. The average Bonchev–Trinajstić information content (AvgIpc) is 2.02. The first-order valence-corrected chi connectivity index (χ1v) is 4.61. The molecule has 0 atom stereocenters. The quantitative estimate of drug-likeness (QED) is 0.636. The number of aryl methyl sites for hydroxylation is 1. The monoisotopic (exact) mass is 189 g/mol. The van der Waals surface area contributed by atoms with Gasteiger partial charge >= 0.3 is 0 Å². The first kappa shape index (κ1) is 10.6. The first-order valence-electron chi connectivity index (χ1n) is 4.61. The summed E-state index contributed by atoms with van der Waals surface area (Å²) in [5.41, 5.74) is 2.38. The van der Waals surface area contributed by atoms with Crippen molar-refractivity contribution in [1.82, 2.24) is 0 Å². The van der Waals surface area contributed by atoms with Gasteiger partial charge < -0.3 is 4.74 Å². The topological polar surface area (TPSA) is 33.0 Å². The van der Waals surface area contributed by atoms with Gasteiger partial charge in [0.25, 0.3) is 6.26 Å². The minimum absolute atomic E-state index is 0.0829. The highest BCUT2D eigenvalue weighted by molar-refractivity contribution is 5.37. The largest absolute Gasteiger partial charge is 0.388 e. The van der Waals surface area contributed by atoms with Crippen LogP contribution in [0.1, 0.15) is 31.9 Å². The Balaban J connectivity index is 3.15. The van der Waals surface area contributed by atoms with Crippen LogP contribution in [0, 0.1) is 18.4 Å². The zero-order valence-electron chi connectivity index (χ0n) is 9.09. The predicted molar refractivity (Wildman–Crippen MR) is 56.1 cm³/mol. The second kappa shape index (κ2) is 3.71. The van der Waals surface area contributed by atoms with Crippen molar-refractivity contribution >= 4 is 0 Å². The van der Waals surface area contributed by atoms with Crippen LogP contribution in [0.3, 0.4) is 0 Å². The third-order valence-corrected chi connectivity index (χ3v) is 2.08. The van der Waals surface area contributed by atoms with Crippen LogP contribution in [0.25, 0.3) is 0 Å². The summed E-state index contributed by atoms with van der Waals surface area (Å²) in [6.07, 6.45) is 1.69. The molecule has 0 heterocycles. The van der Waals surface area contributed by atoms with Crippen molar-refractivity contribution in [1.29, 1.82) is 5.26 Å². The highest BCUT2D eigenvalue weighted by Crippen LogP contribution is 2.27. The molecular formula is C12H15NO. The third kappa shape index (κ3) is 2.50. The van der Waals surface area contributed by atoms with Gasteiger partial charge in [0.2, 0.25) is 0 Å². The molecular weight excluding hydrogens is 174 g/mol. The Morgan fingerprint density at radius 1 is 1.21 bits per heavy atom. The maximum atomic E-state index is 8.43. The minimum atomic E-state index is 0.0829. The summed E-state index contributed by atoms with van der Waals surface area (Å²) in [7, 11) is 0. The van der Waals surface area contributed by atoms with E-state index in [2.05, 4.69) is 26.8 Å². The van der Waals surface area contributed by atoms with Crippen LogP contribution >= 0.6 is 0 Å². The van der Waals surface area contributed by atoms with Crippen molar-refractivity contribution < 1.29 is 4.74 Å². The van der Waals surface area contributed by atoms with Crippen LogP contribution in [0.4, 0.5) is 0 Å². The number of ether oxygens (including phenoxy) is 1. The fraction of sp³-hybridized carbons (Fsp3) is 0.417. The molecule has 0 aliphatic rings. The molecule has 0 unspecified atom stereocenters. The maximum absolute atomic E-state index is 8.43. The molecule has 0 spiro atoms. The Morgan fingerprint density at radius 3 is 2.36 bits per heavy atom. The summed E-state index contributed by atoms with van der Waals surface area (Å²) < 4.78 is 4.83. The zero-order chi connectivity index (χ0) is 10.8. The van der Waals surface area contributed by atoms with Gasteiger partial charge in [-0.2, -0.15) is 0 Å². The van der Waals surface area contributed by atoms with Gasteiger partial charge in [0.15, 0.2) is 0 Å². The van der Waals surface area contributed by atoms with Crippen molar-refractivity contribution in [2.24, 2.45) is 0 Å². The smallest absolute Gasteiger partial charge is 0.292 e. The van der Waals surface area contributed by atoms with E-state index in [-0.39, 0.29) is 5.41 Å². The SMILES string of the molecule is Cc1cc(OC#N)cc(C(C)(C)C)c1. The lowest BCUT2D eigenvalue weighted by Crippen LogP contribution is -2.11. The van der Waals surface area contributed by atoms with Crippen molar-refractivity contribution in [2.75, 3.05) is 0 Å². The molecule has 14 heavy (non-hydrogen) atoms. The summed E-state index contributed by atoms with van der Waals surface area (Å²) >= 11 is 0. The average molecular weight is 189 g/mol. The van der Waals surface area contributed by atoms with Gasteiger partial charge in [-0.05, 0) is 35.6 Å². The van der Waals surface area contributed by atoms with E-state index in [1.165, 1.54) is 5.56 Å². The number of benzene rings is 1. The fourth-order valence-corrected chi connectivity index (χ4v) is 1.29. The molecule has 0 bridgehead atoms. The van der Waals surface area contributed by atoms with Crippen LogP contribution in [0.5, 0.6) is 5.75 Å². The zero-order valence-corrected chi connectivity index (χ0v) is 9.09. The molecule has 0 saturated carbocycles. The van der Waals surface area contributed by atoms with Crippen LogP contribution in [0.2, 0.25) is 0 Å². The summed E-state index contributed by atoms with van der Waals surface area (Å²) in [5.74, 6) is 0.623. The molecule has 74 valence electrons. The Hall–Kier alpha value is -1.49. The minimum Gasteiger partial charge on any atom is -0.388 e. The van der Waals surface area contributed by atoms with E-state index in [0.717, 1.165) is 5.56 Å². The molecule has 0 fully saturated rings. The molecule has 1 rings (SSSR count). The number of nitrogens with zero attached hydrogens (tertiary/aromatic N) is 1. The van der Waals surface area contributed by atoms with Crippen LogP contribution < -0.4 is 4.74 Å². The molecule has 1 aromatic carbocycles. The maximum Gasteiger partial charge on any atom is 0.292 e. The number of hydrogen-bond donors (Lipinski definition) is 0. The normalized spacial score (nSPS) is 10.8. The first-order chi connectivity index (χ1) is 6.43. The highest BCUT2D eigenvalue weighted by Gasteiger charge is 2.14. The van der Waals surface area contributed by atoms with Crippen molar-refractivity contribution in [2.45, 2.75) is 33.1 Å². The summed E-state index contributed by atoms with van der Waals surface area (Å²) in [6, 6.07) is 5.89. The Bertz CT molecular complexity index is 369. The van der Waals surface area contributed by atoms with Gasteiger partial charge in [-0.15, -0.1) is 5.26 Å². The van der Waals surface area contributed by atoms with E-state index in [0.29, 0.717) is 5.75 Å². The fourth-order valence-electron chi connectivity index (χ4n) is 1.29. The van der Waals surface area contributed by atoms with Gasteiger partial charge in [-0.3, -0.25) is 0 Å². The molecule has 1 aromatic rings. The lowest BCUT2D eigenvalue weighted by atomic mass is 9.86. The molecule has 0 saturated heterocycles. The summed E-state index contributed by atoms with van der Waals surface area (Å²) in [5, 5.41) is 8.43. The lowest BCUT2D eigenvalue weighted by Gasteiger charge is -2.19. The van der Waals surface area contributed by atoms with Crippen molar-refractivity contribution in [3.63, 3.8) is 0 Å². The van der Waals surface area contributed by atoms with E-state index in [9.17, 15) is 0 Å². The van der Waals surface area contributed by atoms with E-state index < -0.39 is 0 Å². The molecule has 0 N–H and O–H groups in total. The number of hydrogen-bond acceptors (Lipinski definition) is 2. The van der Waals surface area contributed by atoms with E-state index in [1.54, 1.807) is 6.26 Å². The van der Waals surface area contributed by atoms with Gasteiger partial charge in [-0.1, -0.05) is 26.8 Å². The number of nitriles is 1. The summed E-state index contributed by atoms with van der Waals surface area (Å²) in [4.78, 5) is 0. The van der Waals surface area contributed by atoms with Gasteiger partial charge in [0, 0.05) is 0 Å². The Kier molecular flexibility index (Phi) is 2.81. The number of rotatable bonds is 1. The molecule has 0 aliphatic carbocycles. The standard InChI is InChI=1S/C12H15NO/c1-9-5-10(12(2,3)4)7-11(6-9)14-8-13/h5-7H,1-4H3. The van der Waals surface area contributed by atoms with Gasteiger partial charge in [-0.25, -0.2) is 0 Å². The molecule has 0 amide bonds. The van der Waals surface area contributed by atoms with Crippen LogP contribution in [0.15, 0.2) is 18.2 Å². The molecule has 2 nitrogen and oxygen atoms in total. The van der Waals surface area contributed by atoms with Gasteiger partial charge in [0.1, 0.15) is 5.75 Å². The molecule has 2 heteroatoms. The Labute approximate surface area is 85.1 Å². The second-order valence-electron chi connectivity index (χ2n) is 4.48. The molecule has 0 aromatic heterocycles.